The third-order valence-corrected chi connectivity index (χ3v) is 5.93. The predicted octanol–water partition coefficient (Wildman–Crippen LogP) is 5.24. The molecular weight excluding hydrogens is 471 g/mol. The number of hydrogen-bond donors (Lipinski definition) is 1. The normalized spacial score (nSPS) is 11.8. The van der Waals surface area contributed by atoms with Crippen molar-refractivity contribution in [2.45, 2.75) is 26.0 Å². The number of benzene rings is 3. The first-order chi connectivity index (χ1) is 17.9. The number of ether oxygens (including phenoxy) is 1. The maximum Gasteiger partial charge on any atom is 0.257 e. The number of amides is 2. The van der Waals surface area contributed by atoms with Crippen LogP contribution in [0, 0.1) is 5.82 Å². The smallest absolute Gasteiger partial charge is 0.257 e. The summed E-state index contributed by atoms with van der Waals surface area (Å²) in [5, 5.41) is 7.51. The number of carbonyl (C=O) groups excluding carboxylic acids is 2. The van der Waals surface area contributed by atoms with E-state index in [4.69, 9.17) is 4.74 Å². The highest BCUT2D eigenvalue weighted by molar-refractivity contribution is 5.97. The number of methoxy groups -OCH3 is 1. The molecule has 0 bridgehead atoms. The van der Waals surface area contributed by atoms with Crippen molar-refractivity contribution in [3.05, 3.63) is 103 Å². The Hall–Kier alpha value is -4.30. The zero-order valence-corrected chi connectivity index (χ0v) is 21.0. The number of rotatable bonds is 9. The minimum absolute atomic E-state index is 0.204. The second kappa shape index (κ2) is 11.6. The lowest BCUT2D eigenvalue weighted by Gasteiger charge is -2.29. The second-order valence-electron chi connectivity index (χ2n) is 8.81. The van der Waals surface area contributed by atoms with Gasteiger partial charge in [-0.05, 0) is 49.2 Å². The number of halogens is 1. The highest BCUT2D eigenvalue weighted by Crippen LogP contribution is 2.28. The molecule has 0 spiro atoms. The first-order valence-electron chi connectivity index (χ1n) is 12.0. The van der Waals surface area contributed by atoms with E-state index in [0.29, 0.717) is 11.4 Å². The molecule has 0 aliphatic rings. The molecule has 1 aromatic heterocycles. The van der Waals surface area contributed by atoms with Crippen molar-refractivity contribution < 1.29 is 18.7 Å². The largest absolute Gasteiger partial charge is 0.367 e. The Bertz CT molecular complexity index is 1340. The Morgan fingerprint density at radius 3 is 2.19 bits per heavy atom. The summed E-state index contributed by atoms with van der Waals surface area (Å²) in [6.07, 6.45) is 0.897. The minimum Gasteiger partial charge on any atom is -0.367 e. The summed E-state index contributed by atoms with van der Waals surface area (Å²) in [4.78, 5) is 28.0. The van der Waals surface area contributed by atoms with E-state index in [1.165, 1.54) is 36.3 Å². The molecule has 0 fully saturated rings. The average molecular weight is 501 g/mol. The Kier molecular flexibility index (Phi) is 8.10. The molecule has 0 saturated carbocycles. The van der Waals surface area contributed by atoms with E-state index in [1.54, 1.807) is 4.68 Å². The van der Waals surface area contributed by atoms with Crippen LogP contribution in [0.25, 0.3) is 16.8 Å². The van der Waals surface area contributed by atoms with Crippen molar-refractivity contribution in [3.63, 3.8) is 0 Å². The summed E-state index contributed by atoms with van der Waals surface area (Å²) >= 11 is 0. The molecule has 2 amide bonds. The van der Waals surface area contributed by atoms with Gasteiger partial charge in [0, 0.05) is 24.9 Å². The van der Waals surface area contributed by atoms with E-state index in [9.17, 15) is 14.0 Å². The Labute approximate surface area is 215 Å². The fraction of sp³-hybridized carbons (Fsp3) is 0.207. The molecule has 37 heavy (non-hydrogen) atoms. The number of aromatic nitrogens is 2. The van der Waals surface area contributed by atoms with Crippen LogP contribution in [0.15, 0.2) is 91.1 Å². The monoisotopic (exact) mass is 500 g/mol. The molecule has 0 aliphatic carbocycles. The van der Waals surface area contributed by atoms with Crippen molar-refractivity contribution in [2.75, 3.05) is 19.0 Å². The molecule has 0 saturated heterocycles. The summed E-state index contributed by atoms with van der Waals surface area (Å²) in [6.45, 7) is 3.44. The molecule has 0 radical (unpaired) electrons. The van der Waals surface area contributed by atoms with Crippen LogP contribution >= 0.6 is 0 Å². The molecule has 8 heteroatoms. The van der Waals surface area contributed by atoms with Crippen LogP contribution in [-0.2, 0) is 14.3 Å². The van der Waals surface area contributed by atoms with Gasteiger partial charge in [-0.3, -0.25) is 9.59 Å². The minimum atomic E-state index is -0.965. The van der Waals surface area contributed by atoms with Crippen LogP contribution < -0.4 is 5.32 Å². The van der Waals surface area contributed by atoms with Gasteiger partial charge in [-0.15, -0.1) is 5.10 Å². The van der Waals surface area contributed by atoms with E-state index in [-0.39, 0.29) is 12.6 Å². The predicted molar refractivity (Wildman–Crippen MR) is 141 cm³/mol. The Balaban J connectivity index is 1.58. The molecule has 0 aliphatic heterocycles. The van der Waals surface area contributed by atoms with Gasteiger partial charge in [0.25, 0.3) is 5.91 Å². The molecule has 1 N–H and O–H groups in total. The van der Waals surface area contributed by atoms with Crippen LogP contribution in [-0.4, -0.2) is 46.2 Å². The lowest BCUT2D eigenvalue weighted by atomic mass is 10.1. The van der Waals surface area contributed by atoms with Gasteiger partial charge in [0.05, 0.1) is 5.69 Å². The molecular formula is C29H29FN4O3. The highest BCUT2D eigenvalue weighted by atomic mass is 19.1. The summed E-state index contributed by atoms with van der Waals surface area (Å²) in [5.74, 6) is -0.808. The number of carbonyl (C=O) groups is 2. The van der Waals surface area contributed by atoms with Crippen molar-refractivity contribution in [1.29, 1.82) is 0 Å². The first kappa shape index (κ1) is 25.8. The van der Waals surface area contributed by atoms with E-state index in [0.717, 1.165) is 16.8 Å². The van der Waals surface area contributed by atoms with E-state index >= 15 is 0 Å². The van der Waals surface area contributed by atoms with Gasteiger partial charge in [-0.1, -0.05) is 60.7 Å². The molecule has 1 atom stereocenters. The van der Waals surface area contributed by atoms with Gasteiger partial charge in [-0.2, -0.15) is 0 Å². The third-order valence-electron chi connectivity index (χ3n) is 5.93. The zero-order valence-electron chi connectivity index (χ0n) is 21.0. The van der Waals surface area contributed by atoms with Crippen LogP contribution in [0.3, 0.4) is 0 Å². The van der Waals surface area contributed by atoms with Crippen LogP contribution in [0.4, 0.5) is 10.2 Å². The maximum atomic E-state index is 13.4. The number of hydrogen-bond acceptors (Lipinski definition) is 4. The van der Waals surface area contributed by atoms with Gasteiger partial charge < -0.3 is 15.0 Å². The summed E-state index contributed by atoms with van der Waals surface area (Å²) in [5.41, 5.74) is 3.00. The summed E-state index contributed by atoms with van der Waals surface area (Å²) in [6, 6.07) is 24.5. The lowest BCUT2D eigenvalue weighted by molar-refractivity contribution is -0.146. The van der Waals surface area contributed by atoms with Crippen LogP contribution in [0.1, 0.15) is 25.5 Å². The first-order valence-corrected chi connectivity index (χ1v) is 12.0. The van der Waals surface area contributed by atoms with E-state index < -0.39 is 23.7 Å². The van der Waals surface area contributed by atoms with Gasteiger partial charge in [0.2, 0.25) is 5.91 Å². The fourth-order valence-electron chi connectivity index (χ4n) is 4.02. The number of nitrogens with one attached hydrogen (secondary N) is 1. The third kappa shape index (κ3) is 6.10. The SMILES string of the molecule is COC(C(=O)N(CC(=O)Nc1nn(-c2ccccc2)cc1-c1ccccc1)C(C)C)c1ccc(F)cc1. The molecule has 1 heterocycles. The highest BCUT2D eigenvalue weighted by Gasteiger charge is 2.29. The molecule has 190 valence electrons. The Morgan fingerprint density at radius 2 is 1.59 bits per heavy atom. The molecule has 7 nitrogen and oxygen atoms in total. The quantitative estimate of drug-likeness (QED) is 0.341. The molecule has 4 aromatic rings. The summed E-state index contributed by atoms with van der Waals surface area (Å²) in [7, 11) is 1.41. The molecule has 3 aromatic carbocycles. The number of anilines is 1. The van der Waals surface area contributed by atoms with E-state index in [1.807, 2.05) is 80.7 Å². The topological polar surface area (TPSA) is 76.5 Å². The molecule has 4 rings (SSSR count). The Morgan fingerprint density at radius 1 is 0.973 bits per heavy atom. The van der Waals surface area contributed by atoms with Crippen molar-refractivity contribution in [1.82, 2.24) is 14.7 Å². The van der Waals surface area contributed by atoms with Gasteiger partial charge >= 0.3 is 0 Å². The van der Waals surface area contributed by atoms with E-state index in [2.05, 4.69) is 10.4 Å². The lowest BCUT2D eigenvalue weighted by Crippen LogP contribution is -2.45. The fourth-order valence-corrected chi connectivity index (χ4v) is 4.02. The number of para-hydroxylation sites is 1. The zero-order chi connectivity index (χ0) is 26.4. The van der Waals surface area contributed by atoms with Crippen molar-refractivity contribution >= 4 is 17.6 Å². The second-order valence-corrected chi connectivity index (χ2v) is 8.81. The van der Waals surface area contributed by atoms with Gasteiger partial charge in [0.1, 0.15) is 12.4 Å². The van der Waals surface area contributed by atoms with Crippen LogP contribution in [0.5, 0.6) is 0 Å². The number of nitrogens with zero attached hydrogens (tertiary/aromatic N) is 3. The van der Waals surface area contributed by atoms with Gasteiger partial charge in [0.15, 0.2) is 11.9 Å². The van der Waals surface area contributed by atoms with Crippen molar-refractivity contribution in [2.24, 2.45) is 0 Å². The molecule has 1 unspecified atom stereocenters. The van der Waals surface area contributed by atoms with Crippen LogP contribution in [0.2, 0.25) is 0 Å². The maximum absolute atomic E-state index is 13.4. The van der Waals surface area contributed by atoms with Gasteiger partial charge in [-0.25, -0.2) is 9.07 Å². The summed E-state index contributed by atoms with van der Waals surface area (Å²) < 4.78 is 20.5. The van der Waals surface area contributed by atoms with Crippen molar-refractivity contribution in [3.8, 4) is 16.8 Å². The standard InChI is InChI=1S/C29H29FN4O3/c1-20(2)33(29(36)27(37-3)22-14-16-23(30)17-15-22)19-26(35)31-28-25(21-10-6-4-7-11-21)18-34(32-28)24-12-8-5-9-13-24/h4-18,20,27H,19H2,1-3H3,(H,31,32,35). The average Bonchev–Trinajstić information content (AvgIpc) is 3.33.